The maximum Gasteiger partial charge on any atom is 0.348 e. The van der Waals surface area contributed by atoms with Crippen molar-refractivity contribution < 1.29 is 9.90 Å². The Morgan fingerprint density at radius 3 is 2.75 bits per heavy atom. The molecule has 0 saturated heterocycles. The predicted molar refractivity (Wildman–Crippen MR) is 63.3 cm³/mol. The summed E-state index contributed by atoms with van der Waals surface area (Å²) in [5.74, 6) is -1.04. The van der Waals surface area contributed by atoms with Crippen molar-refractivity contribution in [3.05, 3.63) is 29.1 Å². The van der Waals surface area contributed by atoms with Gasteiger partial charge in [-0.15, -0.1) is 0 Å². The number of carboxylic acid groups (broad SMARTS) is 1. The largest absolute Gasteiger partial charge is 0.477 e. The molecule has 2 rings (SSSR count). The summed E-state index contributed by atoms with van der Waals surface area (Å²) in [5, 5.41) is 9.22. The topological polar surface area (TPSA) is 102 Å². The maximum absolute atomic E-state index is 11.0. The van der Waals surface area contributed by atoms with E-state index in [-0.39, 0.29) is 10.0 Å². The highest BCUT2D eigenvalue weighted by atomic mass is 32.1. The van der Waals surface area contributed by atoms with Crippen LogP contribution in [0.1, 0.15) is 9.67 Å². The number of thiazole rings is 1. The number of aromatic carboxylic acids is 1. The lowest BCUT2D eigenvalue weighted by molar-refractivity contribution is 0.0702. The summed E-state index contributed by atoms with van der Waals surface area (Å²) >= 11 is 0.949. The third-order valence-corrected chi connectivity index (χ3v) is 2.87. The van der Waals surface area contributed by atoms with Gasteiger partial charge in [-0.2, -0.15) is 0 Å². The standard InChI is InChI=1S/C10H9N3O2S/c11-6-3-1-2-5(4-6)7-8(9(14)15)16-10(12)13-7/h1-4H,11H2,(H2,12,13)(H,14,15). The highest BCUT2D eigenvalue weighted by Gasteiger charge is 2.17. The summed E-state index contributed by atoms with van der Waals surface area (Å²) in [6, 6.07) is 6.88. The number of carboxylic acids is 1. The van der Waals surface area contributed by atoms with Gasteiger partial charge >= 0.3 is 5.97 Å². The van der Waals surface area contributed by atoms with Gasteiger partial charge < -0.3 is 16.6 Å². The first-order valence-corrected chi connectivity index (χ1v) is 5.25. The Bertz CT molecular complexity index is 551. The molecule has 0 saturated carbocycles. The Balaban J connectivity index is 2.59. The van der Waals surface area contributed by atoms with Gasteiger partial charge in [-0.3, -0.25) is 0 Å². The Hall–Kier alpha value is -2.08. The van der Waals surface area contributed by atoms with Crippen LogP contribution >= 0.6 is 11.3 Å². The molecule has 0 spiro atoms. The molecule has 82 valence electrons. The second kappa shape index (κ2) is 3.82. The molecule has 0 atom stereocenters. The number of aromatic nitrogens is 1. The minimum absolute atomic E-state index is 0.128. The van der Waals surface area contributed by atoms with Crippen LogP contribution < -0.4 is 11.5 Å². The van der Waals surface area contributed by atoms with Gasteiger partial charge in [0.25, 0.3) is 0 Å². The summed E-state index contributed by atoms with van der Waals surface area (Å²) in [4.78, 5) is 15.1. The van der Waals surface area contributed by atoms with E-state index in [2.05, 4.69) is 4.98 Å². The van der Waals surface area contributed by atoms with E-state index in [1.54, 1.807) is 24.3 Å². The van der Waals surface area contributed by atoms with E-state index in [1.165, 1.54) is 0 Å². The lowest BCUT2D eigenvalue weighted by Gasteiger charge is -1.99. The van der Waals surface area contributed by atoms with E-state index in [0.717, 1.165) is 11.3 Å². The molecule has 0 fully saturated rings. The molecule has 0 radical (unpaired) electrons. The van der Waals surface area contributed by atoms with Crippen molar-refractivity contribution in [2.75, 3.05) is 11.5 Å². The van der Waals surface area contributed by atoms with Crippen LogP contribution in [-0.4, -0.2) is 16.1 Å². The molecule has 1 aromatic carbocycles. The van der Waals surface area contributed by atoms with Crippen molar-refractivity contribution in [2.45, 2.75) is 0 Å². The summed E-state index contributed by atoms with van der Waals surface area (Å²) in [6.45, 7) is 0. The van der Waals surface area contributed by atoms with E-state index >= 15 is 0 Å². The van der Waals surface area contributed by atoms with Gasteiger partial charge in [0.2, 0.25) is 0 Å². The van der Waals surface area contributed by atoms with Crippen LogP contribution in [0.5, 0.6) is 0 Å². The van der Waals surface area contributed by atoms with Crippen molar-refractivity contribution in [1.29, 1.82) is 0 Å². The van der Waals surface area contributed by atoms with Gasteiger partial charge in [-0.25, -0.2) is 9.78 Å². The number of nitrogen functional groups attached to an aromatic ring is 2. The fourth-order valence-electron chi connectivity index (χ4n) is 1.36. The van der Waals surface area contributed by atoms with E-state index in [9.17, 15) is 4.79 Å². The molecule has 1 aromatic heterocycles. The van der Waals surface area contributed by atoms with Gasteiger partial charge in [0.05, 0.1) is 5.69 Å². The number of anilines is 2. The summed E-state index contributed by atoms with van der Waals surface area (Å²) in [7, 11) is 0. The fourth-order valence-corrected chi connectivity index (χ4v) is 2.06. The Morgan fingerprint density at radius 2 is 2.12 bits per heavy atom. The molecule has 5 N–H and O–H groups in total. The molecule has 0 aliphatic heterocycles. The molecule has 0 amide bonds. The van der Waals surface area contributed by atoms with Crippen LogP contribution in [0.2, 0.25) is 0 Å². The Labute approximate surface area is 95.3 Å². The van der Waals surface area contributed by atoms with Crippen LogP contribution in [0, 0.1) is 0 Å². The van der Waals surface area contributed by atoms with E-state index in [1.807, 2.05) is 0 Å². The number of benzene rings is 1. The van der Waals surface area contributed by atoms with Crippen LogP contribution in [0.4, 0.5) is 10.8 Å². The number of rotatable bonds is 2. The highest BCUT2D eigenvalue weighted by Crippen LogP contribution is 2.30. The first-order valence-electron chi connectivity index (χ1n) is 4.43. The van der Waals surface area contributed by atoms with Crippen molar-refractivity contribution in [2.24, 2.45) is 0 Å². The first kappa shape index (κ1) is 10.4. The molecule has 0 aliphatic rings. The maximum atomic E-state index is 11.0. The van der Waals surface area contributed by atoms with Gasteiger partial charge in [-0.05, 0) is 12.1 Å². The van der Waals surface area contributed by atoms with E-state index in [4.69, 9.17) is 16.6 Å². The molecule has 2 aromatic rings. The third-order valence-electron chi connectivity index (χ3n) is 2.00. The quantitative estimate of drug-likeness (QED) is 0.687. The normalized spacial score (nSPS) is 10.2. The van der Waals surface area contributed by atoms with Crippen molar-refractivity contribution in [3.8, 4) is 11.3 Å². The van der Waals surface area contributed by atoms with Gasteiger partial charge in [0.15, 0.2) is 5.13 Å². The second-order valence-corrected chi connectivity index (χ2v) is 4.19. The summed E-state index contributed by atoms with van der Waals surface area (Å²) in [5.41, 5.74) is 12.7. The van der Waals surface area contributed by atoms with Crippen LogP contribution in [0.3, 0.4) is 0 Å². The van der Waals surface area contributed by atoms with Crippen molar-refractivity contribution in [1.82, 2.24) is 4.98 Å². The Kier molecular flexibility index (Phi) is 2.49. The monoisotopic (exact) mass is 235 g/mol. The molecule has 0 unspecified atom stereocenters. The smallest absolute Gasteiger partial charge is 0.348 e. The number of nitrogens with zero attached hydrogens (tertiary/aromatic N) is 1. The molecule has 0 bridgehead atoms. The fraction of sp³-hybridized carbons (Fsp3) is 0. The molecular weight excluding hydrogens is 226 g/mol. The lowest BCUT2D eigenvalue weighted by atomic mass is 10.1. The van der Waals surface area contributed by atoms with Gasteiger partial charge in [0, 0.05) is 11.3 Å². The average Bonchev–Trinajstić information content (AvgIpc) is 2.60. The minimum Gasteiger partial charge on any atom is -0.477 e. The van der Waals surface area contributed by atoms with Gasteiger partial charge in [0.1, 0.15) is 4.88 Å². The van der Waals surface area contributed by atoms with Crippen LogP contribution in [0.25, 0.3) is 11.3 Å². The zero-order chi connectivity index (χ0) is 11.7. The minimum atomic E-state index is -1.04. The Morgan fingerprint density at radius 1 is 1.38 bits per heavy atom. The molecular formula is C10H9N3O2S. The summed E-state index contributed by atoms with van der Waals surface area (Å²) in [6.07, 6.45) is 0. The molecule has 5 nitrogen and oxygen atoms in total. The zero-order valence-electron chi connectivity index (χ0n) is 8.18. The van der Waals surface area contributed by atoms with Crippen molar-refractivity contribution in [3.63, 3.8) is 0 Å². The first-order chi connectivity index (χ1) is 7.58. The average molecular weight is 235 g/mol. The highest BCUT2D eigenvalue weighted by molar-refractivity contribution is 7.17. The number of hydrogen-bond donors (Lipinski definition) is 3. The SMILES string of the molecule is Nc1cccc(-c2nc(N)sc2C(=O)O)c1. The number of carbonyl (C=O) groups is 1. The molecule has 1 heterocycles. The lowest BCUT2D eigenvalue weighted by Crippen LogP contribution is -1.96. The number of hydrogen-bond acceptors (Lipinski definition) is 5. The van der Waals surface area contributed by atoms with Crippen LogP contribution in [0.15, 0.2) is 24.3 Å². The van der Waals surface area contributed by atoms with E-state index < -0.39 is 5.97 Å². The third kappa shape index (κ3) is 1.82. The number of nitrogens with two attached hydrogens (primary N) is 2. The molecule has 0 aliphatic carbocycles. The predicted octanol–water partition coefficient (Wildman–Crippen LogP) is 1.67. The van der Waals surface area contributed by atoms with Gasteiger partial charge in [-0.1, -0.05) is 23.5 Å². The summed E-state index contributed by atoms with van der Waals surface area (Å²) < 4.78 is 0. The second-order valence-electron chi connectivity index (χ2n) is 3.16. The zero-order valence-corrected chi connectivity index (χ0v) is 8.99. The molecule has 6 heteroatoms. The van der Waals surface area contributed by atoms with Crippen molar-refractivity contribution >= 4 is 28.1 Å². The van der Waals surface area contributed by atoms with Crippen LogP contribution in [-0.2, 0) is 0 Å². The van der Waals surface area contributed by atoms with E-state index in [0.29, 0.717) is 16.9 Å². The molecule has 16 heavy (non-hydrogen) atoms.